The van der Waals surface area contributed by atoms with Crippen molar-refractivity contribution < 1.29 is 8.78 Å². The van der Waals surface area contributed by atoms with E-state index < -0.39 is 12.0 Å². The molecule has 2 unspecified atom stereocenters. The number of alkyl halides is 2. The van der Waals surface area contributed by atoms with Crippen molar-refractivity contribution in [3.05, 3.63) is 0 Å². The van der Waals surface area contributed by atoms with Crippen LogP contribution in [0.15, 0.2) is 0 Å². The Bertz CT molecular complexity index is 224. The summed E-state index contributed by atoms with van der Waals surface area (Å²) in [6, 6.07) is 0.881. The highest BCUT2D eigenvalue weighted by atomic mass is 19.3. The van der Waals surface area contributed by atoms with Gasteiger partial charge < -0.3 is 5.73 Å². The first kappa shape index (κ1) is 10.4. The maximum Gasteiger partial charge on any atom is 0.261 e. The Hall–Kier alpha value is -0.730. The third-order valence-corrected chi connectivity index (χ3v) is 2.44. The van der Waals surface area contributed by atoms with Crippen molar-refractivity contribution >= 4 is 0 Å². The molecule has 74 valence electrons. The van der Waals surface area contributed by atoms with Crippen LogP contribution in [0.3, 0.4) is 0 Å². The van der Waals surface area contributed by atoms with Crippen LogP contribution in [-0.2, 0) is 0 Å². The average Bonchev–Trinajstić information content (AvgIpc) is 2.43. The molecule has 5 heteroatoms. The quantitative estimate of drug-likeness (QED) is 0.690. The lowest BCUT2D eigenvalue weighted by molar-refractivity contribution is 0.00802. The fourth-order valence-electron chi connectivity index (χ4n) is 1.45. The molecule has 1 aliphatic heterocycles. The Balaban J connectivity index is 2.52. The lowest BCUT2D eigenvalue weighted by Crippen LogP contribution is -2.44. The molecular formula is C8H13F2N3. The van der Waals surface area contributed by atoms with Crippen LogP contribution in [0.25, 0.3) is 0 Å². The second-order valence-electron chi connectivity index (χ2n) is 3.47. The molecule has 0 aromatic rings. The molecule has 0 saturated carbocycles. The van der Waals surface area contributed by atoms with Crippen LogP contribution >= 0.6 is 0 Å². The largest absolute Gasteiger partial charge is 0.315 e. The lowest BCUT2D eigenvalue weighted by Gasteiger charge is -2.25. The summed E-state index contributed by atoms with van der Waals surface area (Å²) in [4.78, 5) is 1.56. The van der Waals surface area contributed by atoms with Crippen LogP contribution in [0.5, 0.6) is 0 Å². The van der Waals surface area contributed by atoms with Crippen molar-refractivity contribution in [3.63, 3.8) is 0 Å². The molecule has 0 aliphatic carbocycles. The third kappa shape index (κ3) is 2.36. The van der Waals surface area contributed by atoms with Gasteiger partial charge in [-0.25, -0.2) is 8.78 Å². The monoisotopic (exact) mass is 189 g/mol. The van der Waals surface area contributed by atoms with Gasteiger partial charge in [0.25, 0.3) is 5.92 Å². The summed E-state index contributed by atoms with van der Waals surface area (Å²) in [5.41, 5.74) is 5.44. The SMILES string of the molecule is CC(C(N)C#N)N1CCC(F)(F)C1. The van der Waals surface area contributed by atoms with E-state index in [1.807, 2.05) is 6.07 Å². The van der Waals surface area contributed by atoms with E-state index in [-0.39, 0.29) is 19.0 Å². The molecule has 0 aromatic carbocycles. The van der Waals surface area contributed by atoms with Crippen molar-refractivity contribution in [1.29, 1.82) is 5.26 Å². The second kappa shape index (κ2) is 3.56. The first-order chi connectivity index (χ1) is 5.96. The summed E-state index contributed by atoms with van der Waals surface area (Å²) in [6.07, 6.45) is -0.129. The van der Waals surface area contributed by atoms with E-state index in [9.17, 15) is 8.78 Å². The summed E-state index contributed by atoms with van der Waals surface area (Å²) >= 11 is 0. The summed E-state index contributed by atoms with van der Waals surface area (Å²) < 4.78 is 25.5. The van der Waals surface area contributed by atoms with Gasteiger partial charge in [0.05, 0.1) is 12.6 Å². The van der Waals surface area contributed by atoms with Crippen LogP contribution in [-0.4, -0.2) is 36.0 Å². The van der Waals surface area contributed by atoms with Crippen molar-refractivity contribution in [2.24, 2.45) is 5.73 Å². The van der Waals surface area contributed by atoms with E-state index in [1.54, 1.807) is 11.8 Å². The van der Waals surface area contributed by atoms with Crippen molar-refractivity contribution in [2.45, 2.75) is 31.4 Å². The van der Waals surface area contributed by atoms with Crippen molar-refractivity contribution in [3.8, 4) is 6.07 Å². The zero-order valence-corrected chi connectivity index (χ0v) is 7.50. The highest BCUT2D eigenvalue weighted by molar-refractivity contribution is 4.98. The summed E-state index contributed by atoms with van der Waals surface area (Å²) in [5.74, 6) is -2.61. The minimum Gasteiger partial charge on any atom is -0.315 e. The van der Waals surface area contributed by atoms with Crippen LogP contribution < -0.4 is 5.73 Å². The highest BCUT2D eigenvalue weighted by Gasteiger charge is 2.40. The molecule has 1 heterocycles. The molecule has 2 atom stereocenters. The van der Waals surface area contributed by atoms with E-state index in [1.165, 1.54) is 0 Å². The molecular weight excluding hydrogens is 176 g/mol. The van der Waals surface area contributed by atoms with Gasteiger partial charge in [0, 0.05) is 19.0 Å². The predicted octanol–water partition coefficient (Wildman–Crippen LogP) is 0.567. The Morgan fingerprint density at radius 1 is 1.62 bits per heavy atom. The molecule has 1 aliphatic rings. The van der Waals surface area contributed by atoms with E-state index >= 15 is 0 Å². The molecule has 1 fully saturated rings. The topological polar surface area (TPSA) is 53.1 Å². The fourth-order valence-corrected chi connectivity index (χ4v) is 1.45. The molecule has 0 spiro atoms. The average molecular weight is 189 g/mol. The normalized spacial score (nSPS) is 26.7. The number of halogens is 2. The van der Waals surface area contributed by atoms with Gasteiger partial charge in [0.2, 0.25) is 0 Å². The van der Waals surface area contributed by atoms with Crippen LogP contribution in [0, 0.1) is 11.3 Å². The van der Waals surface area contributed by atoms with Gasteiger partial charge in [-0.3, -0.25) is 4.90 Å². The Morgan fingerprint density at radius 3 is 2.62 bits per heavy atom. The first-order valence-corrected chi connectivity index (χ1v) is 4.23. The molecule has 2 N–H and O–H groups in total. The lowest BCUT2D eigenvalue weighted by atomic mass is 10.1. The molecule has 0 amide bonds. The van der Waals surface area contributed by atoms with Gasteiger partial charge in [-0.15, -0.1) is 0 Å². The molecule has 3 nitrogen and oxygen atoms in total. The molecule has 13 heavy (non-hydrogen) atoms. The smallest absolute Gasteiger partial charge is 0.261 e. The molecule has 0 radical (unpaired) electrons. The Morgan fingerprint density at radius 2 is 2.23 bits per heavy atom. The number of rotatable bonds is 2. The minimum atomic E-state index is -2.61. The molecule has 1 saturated heterocycles. The zero-order valence-electron chi connectivity index (χ0n) is 7.50. The van der Waals surface area contributed by atoms with E-state index in [0.29, 0.717) is 6.54 Å². The molecule has 0 bridgehead atoms. The molecule has 0 aromatic heterocycles. The fraction of sp³-hybridized carbons (Fsp3) is 0.875. The van der Waals surface area contributed by atoms with E-state index in [4.69, 9.17) is 11.0 Å². The number of hydrogen-bond acceptors (Lipinski definition) is 3. The second-order valence-corrected chi connectivity index (χ2v) is 3.47. The maximum absolute atomic E-state index is 12.8. The third-order valence-electron chi connectivity index (χ3n) is 2.44. The zero-order chi connectivity index (χ0) is 10.1. The van der Waals surface area contributed by atoms with Crippen LogP contribution in [0.1, 0.15) is 13.3 Å². The van der Waals surface area contributed by atoms with E-state index in [0.717, 1.165) is 0 Å². The first-order valence-electron chi connectivity index (χ1n) is 4.23. The van der Waals surface area contributed by atoms with Crippen molar-refractivity contribution in [2.75, 3.05) is 13.1 Å². The van der Waals surface area contributed by atoms with Gasteiger partial charge in [-0.1, -0.05) is 0 Å². The maximum atomic E-state index is 12.8. The number of likely N-dealkylation sites (tertiary alicyclic amines) is 1. The summed E-state index contributed by atoms with van der Waals surface area (Å²) in [7, 11) is 0. The number of nitrogens with zero attached hydrogens (tertiary/aromatic N) is 2. The van der Waals surface area contributed by atoms with Crippen LogP contribution in [0.2, 0.25) is 0 Å². The van der Waals surface area contributed by atoms with Gasteiger partial charge >= 0.3 is 0 Å². The summed E-state index contributed by atoms with van der Waals surface area (Å²) in [5, 5.41) is 8.51. The summed E-state index contributed by atoms with van der Waals surface area (Å²) in [6.45, 7) is 1.75. The standard InChI is InChI=1S/C8H13F2N3/c1-6(7(12)4-11)13-3-2-8(9,10)5-13/h6-7H,2-3,5,12H2,1H3. The highest BCUT2D eigenvalue weighted by Crippen LogP contribution is 2.28. The molecule has 1 rings (SSSR count). The predicted molar refractivity (Wildman–Crippen MR) is 44.2 cm³/mol. The van der Waals surface area contributed by atoms with Crippen molar-refractivity contribution in [1.82, 2.24) is 4.90 Å². The van der Waals surface area contributed by atoms with Gasteiger partial charge in [-0.2, -0.15) is 5.26 Å². The Labute approximate surface area is 76.1 Å². The van der Waals surface area contributed by atoms with Gasteiger partial charge in [0.1, 0.15) is 6.04 Å². The van der Waals surface area contributed by atoms with Gasteiger partial charge in [-0.05, 0) is 6.92 Å². The minimum absolute atomic E-state index is 0.129. The number of nitriles is 1. The van der Waals surface area contributed by atoms with Gasteiger partial charge in [0.15, 0.2) is 0 Å². The van der Waals surface area contributed by atoms with Crippen LogP contribution in [0.4, 0.5) is 8.78 Å². The number of nitrogens with two attached hydrogens (primary N) is 1. The van der Waals surface area contributed by atoms with E-state index in [2.05, 4.69) is 0 Å². The Kier molecular flexibility index (Phi) is 2.84. The number of hydrogen-bond donors (Lipinski definition) is 1.